The Kier molecular flexibility index (Phi) is 6.48. The van der Waals surface area contributed by atoms with Crippen LogP contribution in [0, 0.1) is 0 Å². The number of hydrogen-bond donors (Lipinski definition) is 1. The molecule has 0 unspecified atom stereocenters. The van der Waals surface area contributed by atoms with Crippen molar-refractivity contribution >= 4 is 34.1 Å². The number of nitrogens with zero attached hydrogens (tertiary/aromatic N) is 1. The van der Waals surface area contributed by atoms with Crippen molar-refractivity contribution in [2.75, 3.05) is 11.9 Å². The quantitative estimate of drug-likeness (QED) is 0.321. The van der Waals surface area contributed by atoms with Gasteiger partial charge in [0.1, 0.15) is 5.75 Å². The number of nitrogens with one attached hydrogen (secondary N) is 1. The maximum Gasteiger partial charge on any atom is 0.256 e. The molecule has 0 spiro atoms. The largest absolute Gasteiger partial charge is 0.494 e. The fraction of sp³-hybridized carbons (Fsp3) is 0.154. The number of halogens is 1. The second-order valence-electron chi connectivity index (χ2n) is 7.26. The van der Waals surface area contributed by atoms with Crippen LogP contribution in [-0.2, 0) is 0 Å². The minimum Gasteiger partial charge on any atom is -0.494 e. The van der Waals surface area contributed by atoms with E-state index >= 15 is 0 Å². The van der Waals surface area contributed by atoms with Gasteiger partial charge in [-0.25, -0.2) is 4.98 Å². The van der Waals surface area contributed by atoms with Gasteiger partial charge in [-0.05, 0) is 55.0 Å². The number of para-hydroxylation sites is 1. The fourth-order valence-corrected chi connectivity index (χ4v) is 3.43. The number of benzene rings is 3. The summed E-state index contributed by atoms with van der Waals surface area (Å²) in [7, 11) is 0. The van der Waals surface area contributed by atoms with Crippen molar-refractivity contribution in [1.82, 2.24) is 4.98 Å². The second kappa shape index (κ2) is 9.63. The van der Waals surface area contributed by atoms with Crippen LogP contribution in [-0.4, -0.2) is 17.5 Å². The molecule has 1 heterocycles. The second-order valence-corrected chi connectivity index (χ2v) is 7.70. The molecule has 0 aliphatic heterocycles. The van der Waals surface area contributed by atoms with Crippen LogP contribution < -0.4 is 10.1 Å². The highest BCUT2D eigenvalue weighted by Gasteiger charge is 2.14. The molecule has 1 N–H and O–H groups in total. The molecule has 0 fully saturated rings. The third-order valence-corrected chi connectivity index (χ3v) is 5.23. The molecule has 31 heavy (non-hydrogen) atoms. The van der Waals surface area contributed by atoms with Crippen LogP contribution >= 0.6 is 11.6 Å². The van der Waals surface area contributed by atoms with Gasteiger partial charge in [0.25, 0.3) is 5.91 Å². The lowest BCUT2D eigenvalue weighted by molar-refractivity contribution is 0.102. The number of ether oxygens (including phenoxy) is 1. The van der Waals surface area contributed by atoms with E-state index in [9.17, 15) is 4.79 Å². The summed E-state index contributed by atoms with van der Waals surface area (Å²) in [5, 5.41) is 4.45. The number of rotatable bonds is 7. The Hall–Kier alpha value is -3.37. The molecule has 5 heteroatoms. The molecule has 0 atom stereocenters. The topological polar surface area (TPSA) is 51.2 Å². The predicted octanol–water partition coefficient (Wildman–Crippen LogP) is 6.99. The number of carbonyl (C=O) groups excluding carboxylic acids is 1. The first-order valence-electron chi connectivity index (χ1n) is 10.3. The summed E-state index contributed by atoms with van der Waals surface area (Å²) in [4.78, 5) is 17.9. The molecule has 1 amide bonds. The molecule has 4 rings (SSSR count). The van der Waals surface area contributed by atoms with Gasteiger partial charge >= 0.3 is 0 Å². The van der Waals surface area contributed by atoms with Crippen molar-refractivity contribution in [3.63, 3.8) is 0 Å². The van der Waals surface area contributed by atoms with Gasteiger partial charge in [0.05, 0.1) is 23.4 Å². The molecular weight excluding hydrogens is 408 g/mol. The number of aromatic nitrogens is 1. The number of fused-ring (bicyclic) bond motifs is 1. The van der Waals surface area contributed by atoms with Crippen molar-refractivity contribution in [2.45, 2.75) is 19.8 Å². The first kappa shape index (κ1) is 20.9. The van der Waals surface area contributed by atoms with Crippen LogP contribution in [0.1, 0.15) is 30.1 Å². The zero-order valence-corrected chi connectivity index (χ0v) is 18.0. The van der Waals surface area contributed by atoms with Crippen LogP contribution in [0.4, 0.5) is 5.69 Å². The minimum absolute atomic E-state index is 0.187. The van der Waals surface area contributed by atoms with Gasteiger partial charge in [-0.2, -0.15) is 0 Å². The molecule has 1 aromatic heterocycles. The lowest BCUT2D eigenvalue weighted by Gasteiger charge is -2.11. The van der Waals surface area contributed by atoms with E-state index < -0.39 is 0 Å². The maximum atomic E-state index is 13.2. The molecule has 0 aliphatic rings. The summed E-state index contributed by atoms with van der Waals surface area (Å²) < 4.78 is 5.69. The van der Waals surface area contributed by atoms with Gasteiger partial charge in [0.2, 0.25) is 0 Å². The van der Waals surface area contributed by atoms with Gasteiger partial charge in [-0.1, -0.05) is 55.3 Å². The van der Waals surface area contributed by atoms with Gasteiger partial charge in [-0.3, -0.25) is 4.79 Å². The van der Waals surface area contributed by atoms with Crippen molar-refractivity contribution in [2.24, 2.45) is 0 Å². The molecule has 0 bridgehead atoms. The molecule has 0 saturated heterocycles. The van der Waals surface area contributed by atoms with Crippen molar-refractivity contribution in [3.05, 3.63) is 89.4 Å². The smallest absolute Gasteiger partial charge is 0.256 e. The Balaban J connectivity index is 1.62. The number of amides is 1. The lowest BCUT2D eigenvalue weighted by Crippen LogP contribution is -2.13. The normalized spacial score (nSPS) is 10.8. The minimum atomic E-state index is -0.187. The van der Waals surface area contributed by atoms with E-state index in [0.29, 0.717) is 22.9 Å². The Morgan fingerprint density at radius 2 is 1.74 bits per heavy atom. The highest BCUT2D eigenvalue weighted by Crippen LogP contribution is 2.27. The molecule has 4 aromatic rings. The third kappa shape index (κ3) is 5.04. The van der Waals surface area contributed by atoms with E-state index in [1.807, 2.05) is 78.9 Å². The maximum absolute atomic E-state index is 13.2. The summed E-state index contributed by atoms with van der Waals surface area (Å²) in [6.07, 6.45) is 2.11. The van der Waals surface area contributed by atoms with E-state index in [1.54, 1.807) is 0 Å². The van der Waals surface area contributed by atoms with Gasteiger partial charge in [-0.15, -0.1) is 0 Å². The predicted molar refractivity (Wildman–Crippen MR) is 127 cm³/mol. The summed E-state index contributed by atoms with van der Waals surface area (Å²) in [6, 6.07) is 24.3. The third-order valence-electron chi connectivity index (χ3n) is 4.98. The van der Waals surface area contributed by atoms with E-state index in [4.69, 9.17) is 21.3 Å². The standard InChI is InChI=1S/C26H23ClN2O2/c1-2-3-16-31-21-14-12-20(13-15-21)28-26(30)23-17-25(18-8-10-19(27)11-9-18)29-24-7-5-4-6-22(23)24/h4-15,17H,2-3,16H2,1H3,(H,28,30). The Labute approximate surface area is 186 Å². The van der Waals surface area contributed by atoms with Crippen LogP contribution in [0.15, 0.2) is 78.9 Å². The first-order valence-corrected chi connectivity index (χ1v) is 10.7. The van der Waals surface area contributed by atoms with Crippen molar-refractivity contribution in [1.29, 1.82) is 0 Å². The lowest BCUT2D eigenvalue weighted by atomic mass is 10.0. The molecule has 4 nitrogen and oxygen atoms in total. The number of hydrogen-bond acceptors (Lipinski definition) is 3. The monoisotopic (exact) mass is 430 g/mol. The van der Waals surface area contributed by atoms with E-state index in [1.165, 1.54) is 0 Å². The van der Waals surface area contributed by atoms with Gasteiger partial charge < -0.3 is 10.1 Å². The summed E-state index contributed by atoms with van der Waals surface area (Å²) in [6.45, 7) is 2.82. The fourth-order valence-electron chi connectivity index (χ4n) is 3.30. The number of carbonyl (C=O) groups is 1. The van der Waals surface area contributed by atoms with Crippen LogP contribution in [0.25, 0.3) is 22.2 Å². The van der Waals surface area contributed by atoms with E-state index in [0.717, 1.165) is 40.8 Å². The summed E-state index contributed by atoms with van der Waals surface area (Å²) >= 11 is 6.02. The first-order chi connectivity index (χ1) is 15.1. The number of pyridine rings is 1. The zero-order chi connectivity index (χ0) is 21.6. The Bertz CT molecular complexity index is 1190. The van der Waals surface area contributed by atoms with Gasteiger partial charge in [0, 0.05) is 21.7 Å². The Morgan fingerprint density at radius 1 is 1.00 bits per heavy atom. The van der Waals surface area contributed by atoms with E-state index in [2.05, 4.69) is 12.2 Å². The molecule has 0 saturated carbocycles. The molecule has 0 aliphatic carbocycles. The van der Waals surface area contributed by atoms with Crippen LogP contribution in [0.3, 0.4) is 0 Å². The average Bonchev–Trinajstić information content (AvgIpc) is 2.80. The molecule has 156 valence electrons. The molecule has 3 aromatic carbocycles. The van der Waals surface area contributed by atoms with Crippen molar-refractivity contribution in [3.8, 4) is 17.0 Å². The summed E-state index contributed by atoms with van der Waals surface area (Å²) in [5.41, 5.74) is 3.67. The van der Waals surface area contributed by atoms with Crippen LogP contribution in [0.5, 0.6) is 5.75 Å². The average molecular weight is 431 g/mol. The number of unbranched alkanes of at least 4 members (excludes halogenated alkanes) is 1. The van der Waals surface area contributed by atoms with Gasteiger partial charge in [0.15, 0.2) is 0 Å². The van der Waals surface area contributed by atoms with Crippen LogP contribution in [0.2, 0.25) is 5.02 Å². The highest BCUT2D eigenvalue weighted by molar-refractivity contribution is 6.30. The highest BCUT2D eigenvalue weighted by atomic mass is 35.5. The Morgan fingerprint density at radius 3 is 2.48 bits per heavy atom. The number of anilines is 1. The molecular formula is C26H23ClN2O2. The van der Waals surface area contributed by atoms with Crippen molar-refractivity contribution < 1.29 is 9.53 Å². The molecule has 0 radical (unpaired) electrons. The van der Waals surface area contributed by atoms with E-state index in [-0.39, 0.29) is 5.91 Å². The summed E-state index contributed by atoms with van der Waals surface area (Å²) in [5.74, 6) is 0.610. The SMILES string of the molecule is CCCCOc1ccc(NC(=O)c2cc(-c3ccc(Cl)cc3)nc3ccccc23)cc1. The zero-order valence-electron chi connectivity index (χ0n) is 17.3.